The number of aromatic nitrogens is 3. The van der Waals surface area contributed by atoms with Gasteiger partial charge in [-0.3, -0.25) is 0 Å². The number of benzene rings is 1. The van der Waals surface area contributed by atoms with Crippen LogP contribution in [0.2, 0.25) is 0 Å². The highest BCUT2D eigenvalue weighted by Gasteiger charge is 2.24. The van der Waals surface area contributed by atoms with Crippen LogP contribution in [-0.4, -0.2) is 14.5 Å². The van der Waals surface area contributed by atoms with Crippen molar-refractivity contribution in [2.75, 3.05) is 11.5 Å². The molecule has 1 aromatic carbocycles. The maximum atomic E-state index is 13.8. The average Bonchev–Trinajstić information content (AvgIpc) is 2.81. The average molecular weight is 297 g/mol. The predicted octanol–water partition coefficient (Wildman–Crippen LogP) is 3.13. The molecule has 0 unspecified atom stereocenters. The number of nitrogens with zero attached hydrogens (tertiary/aromatic N) is 3. The molecule has 5 nitrogen and oxygen atoms in total. The van der Waals surface area contributed by atoms with E-state index in [1.54, 1.807) is 12.1 Å². The van der Waals surface area contributed by atoms with Crippen molar-refractivity contribution in [1.82, 2.24) is 14.5 Å². The molecule has 4 rings (SSSR count). The Kier molecular flexibility index (Phi) is 2.79. The molecule has 6 heteroatoms. The first-order valence-corrected chi connectivity index (χ1v) is 7.31. The third-order valence-electron chi connectivity index (χ3n) is 4.42. The highest BCUT2D eigenvalue weighted by atomic mass is 19.1. The van der Waals surface area contributed by atoms with E-state index in [4.69, 9.17) is 11.5 Å². The number of halogens is 1. The number of hydrogen-bond donors (Lipinski definition) is 2. The number of hydrogen-bond acceptors (Lipinski definition) is 4. The number of anilines is 2. The summed E-state index contributed by atoms with van der Waals surface area (Å²) in [5.41, 5.74) is 14.1. The van der Waals surface area contributed by atoms with Crippen molar-refractivity contribution in [3.8, 4) is 11.1 Å². The Labute approximate surface area is 126 Å². The molecule has 0 radical (unpaired) electrons. The van der Waals surface area contributed by atoms with Gasteiger partial charge in [-0.05, 0) is 37.0 Å². The predicted molar refractivity (Wildman–Crippen MR) is 84.6 cm³/mol. The molecule has 0 spiro atoms. The van der Waals surface area contributed by atoms with Crippen molar-refractivity contribution >= 4 is 22.5 Å². The zero-order chi connectivity index (χ0) is 15.3. The Hall–Kier alpha value is -2.63. The maximum Gasteiger partial charge on any atom is 0.146 e. The zero-order valence-corrected chi connectivity index (χ0v) is 12.0. The van der Waals surface area contributed by atoms with E-state index in [0.717, 1.165) is 35.0 Å². The van der Waals surface area contributed by atoms with Crippen LogP contribution in [0.5, 0.6) is 0 Å². The van der Waals surface area contributed by atoms with Gasteiger partial charge in [0.05, 0.1) is 11.1 Å². The van der Waals surface area contributed by atoms with Crippen molar-refractivity contribution in [3.05, 3.63) is 36.5 Å². The maximum absolute atomic E-state index is 13.8. The lowest BCUT2D eigenvalue weighted by Gasteiger charge is -2.27. The van der Waals surface area contributed by atoms with E-state index in [9.17, 15) is 4.39 Å². The van der Waals surface area contributed by atoms with Crippen LogP contribution >= 0.6 is 0 Å². The summed E-state index contributed by atoms with van der Waals surface area (Å²) in [5, 5.41) is 0.776. The minimum Gasteiger partial charge on any atom is -0.396 e. The smallest absolute Gasteiger partial charge is 0.146 e. The van der Waals surface area contributed by atoms with Crippen molar-refractivity contribution < 1.29 is 4.39 Å². The summed E-state index contributed by atoms with van der Waals surface area (Å²) in [7, 11) is 0. The molecular weight excluding hydrogens is 281 g/mol. The van der Waals surface area contributed by atoms with E-state index in [-0.39, 0.29) is 5.69 Å². The molecule has 0 aliphatic heterocycles. The summed E-state index contributed by atoms with van der Waals surface area (Å²) < 4.78 is 16.0. The van der Waals surface area contributed by atoms with E-state index in [1.807, 2.05) is 6.20 Å². The van der Waals surface area contributed by atoms with Gasteiger partial charge in [-0.2, -0.15) is 0 Å². The SMILES string of the molecule is Nc1ccc(-c2cn(C3CCC3)c3ncnc(N)c23)cc1F. The summed E-state index contributed by atoms with van der Waals surface area (Å²) in [4.78, 5) is 8.47. The molecule has 1 aliphatic rings. The Morgan fingerprint density at radius 1 is 1.18 bits per heavy atom. The summed E-state index contributed by atoms with van der Waals surface area (Å²) in [6.07, 6.45) is 6.95. The molecule has 112 valence electrons. The summed E-state index contributed by atoms with van der Waals surface area (Å²) in [5.74, 6) is -0.0206. The van der Waals surface area contributed by atoms with Crippen molar-refractivity contribution in [2.45, 2.75) is 25.3 Å². The molecule has 22 heavy (non-hydrogen) atoms. The van der Waals surface area contributed by atoms with Gasteiger partial charge in [-0.1, -0.05) is 6.07 Å². The summed E-state index contributed by atoms with van der Waals surface area (Å²) in [6.45, 7) is 0. The molecule has 4 N–H and O–H groups in total. The van der Waals surface area contributed by atoms with Gasteiger partial charge in [0.15, 0.2) is 0 Å². The second-order valence-electron chi connectivity index (χ2n) is 5.73. The van der Waals surface area contributed by atoms with E-state index >= 15 is 0 Å². The van der Waals surface area contributed by atoms with Gasteiger partial charge in [0.2, 0.25) is 0 Å². The number of nitrogen functional groups attached to an aromatic ring is 2. The lowest BCUT2D eigenvalue weighted by Crippen LogP contribution is -2.16. The molecule has 0 saturated heterocycles. The Morgan fingerprint density at radius 3 is 2.68 bits per heavy atom. The molecule has 1 saturated carbocycles. The molecule has 0 bridgehead atoms. The quantitative estimate of drug-likeness (QED) is 0.712. The molecule has 2 aromatic heterocycles. The standard InChI is InChI=1S/C16H16FN5/c17-12-6-9(4-5-13(12)18)11-7-22(10-2-1-3-10)16-14(11)15(19)20-8-21-16/h4-8,10H,1-3,18H2,(H2,19,20,21). The van der Waals surface area contributed by atoms with Gasteiger partial charge >= 0.3 is 0 Å². The third kappa shape index (κ3) is 1.83. The van der Waals surface area contributed by atoms with Gasteiger partial charge in [0, 0.05) is 17.8 Å². The van der Waals surface area contributed by atoms with Crippen LogP contribution in [-0.2, 0) is 0 Å². The second kappa shape index (κ2) is 4.69. The van der Waals surface area contributed by atoms with E-state index in [2.05, 4.69) is 14.5 Å². The van der Waals surface area contributed by atoms with Crippen LogP contribution in [0.3, 0.4) is 0 Å². The minimum atomic E-state index is -0.433. The van der Waals surface area contributed by atoms with Crippen LogP contribution < -0.4 is 11.5 Å². The van der Waals surface area contributed by atoms with Gasteiger partial charge in [0.1, 0.15) is 23.6 Å². The second-order valence-corrected chi connectivity index (χ2v) is 5.73. The Morgan fingerprint density at radius 2 is 2.00 bits per heavy atom. The first-order valence-electron chi connectivity index (χ1n) is 7.31. The van der Waals surface area contributed by atoms with Gasteiger partial charge in [0.25, 0.3) is 0 Å². The minimum absolute atomic E-state index is 0.135. The van der Waals surface area contributed by atoms with Gasteiger partial charge < -0.3 is 16.0 Å². The van der Waals surface area contributed by atoms with Crippen molar-refractivity contribution in [3.63, 3.8) is 0 Å². The third-order valence-corrected chi connectivity index (χ3v) is 4.42. The van der Waals surface area contributed by atoms with Crippen LogP contribution in [0, 0.1) is 5.82 Å². The lowest BCUT2D eigenvalue weighted by molar-refractivity contribution is 0.320. The first kappa shape index (κ1) is 13.1. The molecule has 2 heterocycles. The molecule has 0 atom stereocenters. The van der Waals surface area contributed by atoms with Crippen LogP contribution in [0.25, 0.3) is 22.2 Å². The fraction of sp³-hybridized carbons (Fsp3) is 0.250. The summed E-state index contributed by atoms with van der Waals surface area (Å²) >= 11 is 0. The van der Waals surface area contributed by atoms with Crippen LogP contribution in [0.4, 0.5) is 15.9 Å². The van der Waals surface area contributed by atoms with E-state index in [1.165, 1.54) is 18.8 Å². The fourth-order valence-corrected chi connectivity index (χ4v) is 2.97. The molecular formula is C16H16FN5. The van der Waals surface area contributed by atoms with E-state index in [0.29, 0.717) is 11.9 Å². The van der Waals surface area contributed by atoms with Crippen LogP contribution in [0.1, 0.15) is 25.3 Å². The number of fused-ring (bicyclic) bond motifs is 1. The highest BCUT2D eigenvalue weighted by molar-refractivity contribution is 6.00. The Bertz CT molecular complexity index is 866. The number of nitrogens with two attached hydrogens (primary N) is 2. The van der Waals surface area contributed by atoms with Crippen molar-refractivity contribution in [1.29, 1.82) is 0 Å². The van der Waals surface area contributed by atoms with Gasteiger partial charge in [-0.25, -0.2) is 14.4 Å². The zero-order valence-electron chi connectivity index (χ0n) is 12.0. The highest BCUT2D eigenvalue weighted by Crippen LogP contribution is 2.39. The normalized spacial score (nSPS) is 15.1. The molecule has 1 fully saturated rings. The molecule has 0 amide bonds. The Balaban J connectivity index is 1.98. The van der Waals surface area contributed by atoms with Crippen molar-refractivity contribution in [2.24, 2.45) is 0 Å². The topological polar surface area (TPSA) is 82.8 Å². The lowest BCUT2D eigenvalue weighted by atomic mass is 9.93. The summed E-state index contributed by atoms with van der Waals surface area (Å²) in [6, 6.07) is 5.23. The molecule has 3 aromatic rings. The fourth-order valence-electron chi connectivity index (χ4n) is 2.97. The van der Waals surface area contributed by atoms with Gasteiger partial charge in [-0.15, -0.1) is 0 Å². The molecule has 1 aliphatic carbocycles. The largest absolute Gasteiger partial charge is 0.396 e. The number of rotatable bonds is 2. The van der Waals surface area contributed by atoms with E-state index < -0.39 is 5.82 Å². The first-order chi connectivity index (χ1) is 10.6. The van der Waals surface area contributed by atoms with Crippen LogP contribution in [0.15, 0.2) is 30.7 Å². The monoisotopic (exact) mass is 297 g/mol.